The molecule has 4 nitrogen and oxygen atoms in total. The van der Waals surface area contributed by atoms with E-state index in [1.54, 1.807) is 28.9 Å². The molecule has 2 heterocycles. The standard InChI is InChI=1S/C9H9N3O/c1-6(13)8-5-11-9-4-7(10)2-3-12(8)9/h2-5H,10H2,1H3. The summed E-state index contributed by atoms with van der Waals surface area (Å²) in [5.74, 6) is -0.00253. The van der Waals surface area contributed by atoms with Crippen LogP contribution in [0.2, 0.25) is 0 Å². The molecule has 66 valence electrons. The first kappa shape index (κ1) is 7.79. The van der Waals surface area contributed by atoms with E-state index in [1.807, 2.05) is 0 Å². The molecule has 0 saturated carbocycles. The zero-order valence-corrected chi connectivity index (χ0v) is 7.19. The molecule has 2 rings (SSSR count). The van der Waals surface area contributed by atoms with Crippen LogP contribution in [0.15, 0.2) is 24.5 Å². The molecule has 2 N–H and O–H groups in total. The summed E-state index contributed by atoms with van der Waals surface area (Å²) in [6.45, 7) is 1.51. The molecule has 0 fully saturated rings. The minimum Gasteiger partial charge on any atom is -0.399 e. The summed E-state index contributed by atoms with van der Waals surface area (Å²) in [5, 5.41) is 0. The summed E-state index contributed by atoms with van der Waals surface area (Å²) in [5.41, 5.74) is 7.50. The molecule has 13 heavy (non-hydrogen) atoms. The van der Waals surface area contributed by atoms with E-state index in [0.29, 0.717) is 17.0 Å². The first-order chi connectivity index (χ1) is 6.18. The predicted octanol–water partition coefficient (Wildman–Crippen LogP) is 1.12. The largest absolute Gasteiger partial charge is 0.399 e. The monoisotopic (exact) mass is 175 g/mol. The highest BCUT2D eigenvalue weighted by Gasteiger charge is 2.06. The van der Waals surface area contributed by atoms with Crippen LogP contribution >= 0.6 is 0 Å². The summed E-state index contributed by atoms with van der Waals surface area (Å²) in [7, 11) is 0. The van der Waals surface area contributed by atoms with Gasteiger partial charge in [0.25, 0.3) is 0 Å². The normalized spacial score (nSPS) is 10.5. The molecule has 0 spiro atoms. The van der Waals surface area contributed by atoms with Crippen molar-refractivity contribution >= 4 is 17.1 Å². The number of hydrogen-bond acceptors (Lipinski definition) is 3. The summed E-state index contributed by atoms with van der Waals surface area (Å²) >= 11 is 0. The van der Waals surface area contributed by atoms with Gasteiger partial charge in [-0.25, -0.2) is 4.98 Å². The Morgan fingerprint density at radius 3 is 3.08 bits per heavy atom. The Kier molecular flexibility index (Phi) is 1.55. The molecule has 0 bridgehead atoms. The summed E-state index contributed by atoms with van der Waals surface area (Å²) in [4.78, 5) is 15.2. The molecule has 0 aliphatic heterocycles. The molecule has 2 aromatic rings. The zero-order chi connectivity index (χ0) is 9.42. The van der Waals surface area contributed by atoms with E-state index in [0.717, 1.165) is 0 Å². The molecule has 4 heteroatoms. The van der Waals surface area contributed by atoms with Crippen LogP contribution in [0.25, 0.3) is 5.65 Å². The second-order valence-electron chi connectivity index (χ2n) is 2.89. The molecule has 2 aromatic heterocycles. The third-order valence-corrected chi connectivity index (χ3v) is 1.90. The van der Waals surface area contributed by atoms with Crippen LogP contribution in [0.4, 0.5) is 5.69 Å². The highest BCUT2D eigenvalue weighted by atomic mass is 16.1. The van der Waals surface area contributed by atoms with Crippen LogP contribution in [0.1, 0.15) is 17.4 Å². The van der Waals surface area contributed by atoms with Gasteiger partial charge in [-0.15, -0.1) is 0 Å². The Hall–Kier alpha value is -1.84. The first-order valence-corrected chi connectivity index (χ1v) is 3.92. The molecular weight excluding hydrogens is 166 g/mol. The first-order valence-electron chi connectivity index (χ1n) is 3.92. The van der Waals surface area contributed by atoms with E-state index in [9.17, 15) is 4.79 Å². The van der Waals surface area contributed by atoms with E-state index in [2.05, 4.69) is 4.98 Å². The number of anilines is 1. The SMILES string of the molecule is CC(=O)c1cnc2cc(N)ccn12. The molecule has 0 saturated heterocycles. The van der Waals surface area contributed by atoms with E-state index >= 15 is 0 Å². The lowest BCUT2D eigenvalue weighted by Crippen LogP contribution is -1.98. The molecular formula is C9H9N3O. The van der Waals surface area contributed by atoms with Crippen molar-refractivity contribution in [3.05, 3.63) is 30.2 Å². The molecule has 0 radical (unpaired) electrons. The number of aromatic nitrogens is 2. The second kappa shape index (κ2) is 2.58. The van der Waals surface area contributed by atoms with E-state index in [-0.39, 0.29) is 5.78 Å². The number of pyridine rings is 1. The molecule has 0 unspecified atom stereocenters. The molecule has 0 amide bonds. The number of ketones is 1. The number of nitrogen functional groups attached to an aromatic ring is 1. The average Bonchev–Trinajstić information content (AvgIpc) is 2.46. The van der Waals surface area contributed by atoms with Crippen molar-refractivity contribution in [2.24, 2.45) is 0 Å². The molecule has 0 aliphatic rings. The summed E-state index contributed by atoms with van der Waals surface area (Å²) in [6.07, 6.45) is 3.30. The maximum Gasteiger partial charge on any atom is 0.178 e. The van der Waals surface area contributed by atoms with Gasteiger partial charge in [0.15, 0.2) is 5.78 Å². The summed E-state index contributed by atoms with van der Waals surface area (Å²) in [6, 6.07) is 3.47. The number of nitrogens with two attached hydrogens (primary N) is 1. The number of Topliss-reactive ketones (excluding diaryl/α,β-unsaturated/α-hetero) is 1. The second-order valence-corrected chi connectivity index (χ2v) is 2.89. The maximum atomic E-state index is 11.1. The number of imidazole rings is 1. The van der Waals surface area contributed by atoms with Crippen molar-refractivity contribution < 1.29 is 4.79 Å². The van der Waals surface area contributed by atoms with Gasteiger partial charge in [0.2, 0.25) is 0 Å². The fraction of sp³-hybridized carbons (Fsp3) is 0.111. The minimum atomic E-state index is -0.00253. The van der Waals surface area contributed by atoms with Crippen molar-refractivity contribution in [2.75, 3.05) is 5.73 Å². The van der Waals surface area contributed by atoms with E-state index in [1.165, 1.54) is 6.92 Å². The fourth-order valence-electron chi connectivity index (χ4n) is 1.26. The minimum absolute atomic E-state index is 0.00253. The van der Waals surface area contributed by atoms with Crippen LogP contribution < -0.4 is 5.73 Å². The van der Waals surface area contributed by atoms with E-state index in [4.69, 9.17) is 5.73 Å². The third-order valence-electron chi connectivity index (χ3n) is 1.90. The van der Waals surface area contributed by atoms with Crippen LogP contribution in [-0.4, -0.2) is 15.2 Å². The highest BCUT2D eigenvalue weighted by Crippen LogP contribution is 2.10. The Morgan fingerprint density at radius 1 is 1.62 bits per heavy atom. The smallest absolute Gasteiger partial charge is 0.178 e. The van der Waals surface area contributed by atoms with Crippen molar-refractivity contribution in [1.29, 1.82) is 0 Å². The van der Waals surface area contributed by atoms with Crippen LogP contribution in [-0.2, 0) is 0 Å². The number of nitrogens with zero attached hydrogens (tertiary/aromatic N) is 2. The van der Waals surface area contributed by atoms with Gasteiger partial charge in [-0.3, -0.25) is 9.20 Å². The van der Waals surface area contributed by atoms with Crippen molar-refractivity contribution in [3.8, 4) is 0 Å². The summed E-state index contributed by atoms with van der Waals surface area (Å²) < 4.78 is 1.72. The molecule has 0 aromatic carbocycles. The van der Waals surface area contributed by atoms with Gasteiger partial charge < -0.3 is 5.73 Å². The number of hydrogen-bond donors (Lipinski definition) is 1. The average molecular weight is 175 g/mol. The third kappa shape index (κ3) is 1.16. The van der Waals surface area contributed by atoms with Crippen LogP contribution in [0, 0.1) is 0 Å². The number of carbonyl (C=O) groups is 1. The lowest BCUT2D eigenvalue weighted by atomic mass is 10.3. The Labute approximate surface area is 75.0 Å². The van der Waals surface area contributed by atoms with Gasteiger partial charge >= 0.3 is 0 Å². The Bertz CT molecular complexity index is 473. The van der Waals surface area contributed by atoms with Gasteiger partial charge in [0, 0.05) is 24.9 Å². The van der Waals surface area contributed by atoms with Gasteiger partial charge in [-0.2, -0.15) is 0 Å². The van der Waals surface area contributed by atoms with Crippen molar-refractivity contribution in [2.45, 2.75) is 6.92 Å². The number of carbonyl (C=O) groups excluding carboxylic acids is 1. The topological polar surface area (TPSA) is 60.4 Å². The van der Waals surface area contributed by atoms with Crippen LogP contribution in [0.3, 0.4) is 0 Å². The highest BCUT2D eigenvalue weighted by molar-refractivity contribution is 5.93. The lowest BCUT2D eigenvalue weighted by Gasteiger charge is -1.97. The fourth-order valence-corrected chi connectivity index (χ4v) is 1.26. The van der Waals surface area contributed by atoms with E-state index < -0.39 is 0 Å². The maximum absolute atomic E-state index is 11.1. The van der Waals surface area contributed by atoms with Gasteiger partial charge in [0.05, 0.1) is 6.20 Å². The lowest BCUT2D eigenvalue weighted by molar-refractivity contribution is 0.101. The van der Waals surface area contributed by atoms with Crippen LogP contribution in [0.5, 0.6) is 0 Å². The van der Waals surface area contributed by atoms with Crippen molar-refractivity contribution in [1.82, 2.24) is 9.38 Å². The zero-order valence-electron chi connectivity index (χ0n) is 7.19. The van der Waals surface area contributed by atoms with Gasteiger partial charge in [-0.1, -0.05) is 0 Å². The Balaban J connectivity index is 2.76. The Morgan fingerprint density at radius 2 is 2.38 bits per heavy atom. The molecule has 0 aliphatic carbocycles. The van der Waals surface area contributed by atoms with Crippen molar-refractivity contribution in [3.63, 3.8) is 0 Å². The van der Waals surface area contributed by atoms with Gasteiger partial charge in [0.1, 0.15) is 11.3 Å². The number of fused-ring (bicyclic) bond motifs is 1. The predicted molar refractivity (Wildman–Crippen MR) is 49.6 cm³/mol. The molecule has 0 atom stereocenters. The quantitative estimate of drug-likeness (QED) is 0.660. The van der Waals surface area contributed by atoms with Gasteiger partial charge in [-0.05, 0) is 6.07 Å². The number of rotatable bonds is 1.